The van der Waals surface area contributed by atoms with Crippen LogP contribution < -0.4 is 5.73 Å². The van der Waals surface area contributed by atoms with Crippen LogP contribution >= 0.6 is 0 Å². The van der Waals surface area contributed by atoms with E-state index < -0.39 is 0 Å². The van der Waals surface area contributed by atoms with Crippen LogP contribution in [0.5, 0.6) is 0 Å². The van der Waals surface area contributed by atoms with Crippen molar-refractivity contribution in [3.63, 3.8) is 0 Å². The van der Waals surface area contributed by atoms with Crippen molar-refractivity contribution >= 4 is 11.3 Å². The van der Waals surface area contributed by atoms with Gasteiger partial charge in [0.05, 0.1) is 0 Å². The molecule has 1 aromatic rings. The number of hydrogen-bond acceptors (Lipinski definition) is 1. The summed E-state index contributed by atoms with van der Waals surface area (Å²) in [6.45, 7) is 7.97. The standard InChI is InChI=1S/C15H19N/c1-4-6-9-13(5-2)15-11-8-7-10-14(15)12(3)16/h4,6-11H,3,5,16H2,1-2H3/b6-4-,13-9+. The normalized spacial score (nSPS) is 12.0. The van der Waals surface area contributed by atoms with Crippen molar-refractivity contribution in [2.75, 3.05) is 0 Å². The number of rotatable bonds is 4. The molecule has 2 N–H and O–H groups in total. The Labute approximate surface area is 98.0 Å². The zero-order valence-electron chi connectivity index (χ0n) is 10.0. The average Bonchev–Trinajstić information content (AvgIpc) is 2.30. The van der Waals surface area contributed by atoms with Gasteiger partial charge in [0.2, 0.25) is 0 Å². The third-order valence-corrected chi connectivity index (χ3v) is 2.49. The molecule has 0 aliphatic carbocycles. The van der Waals surface area contributed by atoms with E-state index in [0.717, 1.165) is 12.0 Å². The van der Waals surface area contributed by atoms with Gasteiger partial charge in [-0.25, -0.2) is 0 Å². The van der Waals surface area contributed by atoms with Gasteiger partial charge in [-0.1, -0.05) is 56.0 Å². The van der Waals surface area contributed by atoms with E-state index in [0.29, 0.717) is 5.70 Å². The van der Waals surface area contributed by atoms with Gasteiger partial charge in [-0.3, -0.25) is 0 Å². The molecular weight excluding hydrogens is 194 g/mol. The first-order valence-corrected chi connectivity index (χ1v) is 5.56. The fourth-order valence-corrected chi connectivity index (χ4v) is 1.65. The smallest absolute Gasteiger partial charge is 0.0320 e. The van der Waals surface area contributed by atoms with Crippen molar-refractivity contribution in [2.24, 2.45) is 5.73 Å². The summed E-state index contributed by atoms with van der Waals surface area (Å²) in [5.74, 6) is 0. The quantitative estimate of drug-likeness (QED) is 0.752. The number of benzene rings is 1. The molecule has 0 aliphatic rings. The summed E-state index contributed by atoms with van der Waals surface area (Å²) in [4.78, 5) is 0. The molecule has 0 bridgehead atoms. The van der Waals surface area contributed by atoms with Crippen molar-refractivity contribution in [1.82, 2.24) is 0 Å². The minimum absolute atomic E-state index is 0.621. The first-order valence-electron chi connectivity index (χ1n) is 5.56. The highest BCUT2D eigenvalue weighted by Gasteiger charge is 2.05. The lowest BCUT2D eigenvalue weighted by molar-refractivity contribution is 1.23. The van der Waals surface area contributed by atoms with E-state index in [2.05, 4.69) is 31.7 Å². The first-order chi connectivity index (χ1) is 7.70. The van der Waals surface area contributed by atoms with Crippen LogP contribution in [-0.4, -0.2) is 0 Å². The van der Waals surface area contributed by atoms with Crippen molar-refractivity contribution in [3.8, 4) is 0 Å². The monoisotopic (exact) mass is 213 g/mol. The summed E-state index contributed by atoms with van der Waals surface area (Å²) < 4.78 is 0. The fourth-order valence-electron chi connectivity index (χ4n) is 1.65. The maximum Gasteiger partial charge on any atom is 0.0320 e. The lowest BCUT2D eigenvalue weighted by Gasteiger charge is -2.10. The van der Waals surface area contributed by atoms with Crippen LogP contribution in [0.3, 0.4) is 0 Å². The Kier molecular flexibility index (Phi) is 4.59. The molecule has 0 amide bonds. The van der Waals surface area contributed by atoms with Gasteiger partial charge in [-0.2, -0.15) is 0 Å². The molecule has 1 aromatic carbocycles. The zero-order chi connectivity index (χ0) is 12.0. The Bertz CT molecular complexity index is 425. The predicted molar refractivity (Wildman–Crippen MR) is 72.7 cm³/mol. The summed E-state index contributed by atoms with van der Waals surface area (Å²) in [6.07, 6.45) is 7.18. The first kappa shape index (κ1) is 12.3. The maximum atomic E-state index is 5.80. The molecule has 16 heavy (non-hydrogen) atoms. The minimum atomic E-state index is 0.621. The molecule has 0 fully saturated rings. The average molecular weight is 213 g/mol. The molecule has 0 atom stereocenters. The zero-order valence-corrected chi connectivity index (χ0v) is 10.0. The molecule has 0 unspecified atom stereocenters. The van der Waals surface area contributed by atoms with E-state index in [1.54, 1.807) is 0 Å². The summed E-state index contributed by atoms with van der Waals surface area (Å²) in [5, 5.41) is 0. The number of nitrogens with two attached hydrogens (primary N) is 1. The Hall–Kier alpha value is -1.76. The molecule has 1 heteroatoms. The molecule has 0 aromatic heterocycles. The minimum Gasteiger partial charge on any atom is -0.399 e. The van der Waals surface area contributed by atoms with Crippen LogP contribution in [0, 0.1) is 0 Å². The van der Waals surface area contributed by atoms with Gasteiger partial charge in [0.25, 0.3) is 0 Å². The predicted octanol–water partition coefficient (Wildman–Crippen LogP) is 3.99. The van der Waals surface area contributed by atoms with Crippen LogP contribution in [0.2, 0.25) is 0 Å². The van der Waals surface area contributed by atoms with E-state index in [1.807, 2.05) is 31.2 Å². The Morgan fingerprint density at radius 2 is 1.94 bits per heavy atom. The summed E-state index contributed by atoms with van der Waals surface area (Å²) >= 11 is 0. The molecule has 1 rings (SSSR count). The highest BCUT2D eigenvalue weighted by molar-refractivity contribution is 5.78. The molecule has 84 valence electrons. The van der Waals surface area contributed by atoms with Crippen molar-refractivity contribution in [1.29, 1.82) is 0 Å². The maximum absolute atomic E-state index is 5.80. The molecule has 0 radical (unpaired) electrons. The third kappa shape index (κ3) is 2.86. The van der Waals surface area contributed by atoms with Gasteiger partial charge >= 0.3 is 0 Å². The Morgan fingerprint density at radius 3 is 2.44 bits per heavy atom. The third-order valence-electron chi connectivity index (χ3n) is 2.49. The highest BCUT2D eigenvalue weighted by atomic mass is 14.6. The number of hydrogen-bond donors (Lipinski definition) is 1. The van der Waals surface area contributed by atoms with E-state index in [9.17, 15) is 0 Å². The molecule has 0 saturated heterocycles. The van der Waals surface area contributed by atoms with E-state index in [-0.39, 0.29) is 0 Å². The lowest BCUT2D eigenvalue weighted by Crippen LogP contribution is -1.98. The van der Waals surface area contributed by atoms with Crippen molar-refractivity contribution in [2.45, 2.75) is 20.3 Å². The summed E-state index contributed by atoms with van der Waals surface area (Å²) in [7, 11) is 0. The second-order valence-electron chi connectivity index (χ2n) is 3.64. The van der Waals surface area contributed by atoms with Gasteiger partial charge in [-0.15, -0.1) is 0 Å². The highest BCUT2D eigenvalue weighted by Crippen LogP contribution is 2.24. The van der Waals surface area contributed by atoms with Gasteiger partial charge in [-0.05, 0) is 24.5 Å². The van der Waals surface area contributed by atoms with Gasteiger partial charge in [0.15, 0.2) is 0 Å². The van der Waals surface area contributed by atoms with Crippen LogP contribution in [0.4, 0.5) is 0 Å². The van der Waals surface area contributed by atoms with Crippen LogP contribution in [0.1, 0.15) is 31.4 Å². The SMILES string of the molecule is C=C(N)c1ccccc1/C(=C/C=C\C)CC. The van der Waals surface area contributed by atoms with Gasteiger partial charge < -0.3 is 5.73 Å². The Morgan fingerprint density at radius 1 is 1.31 bits per heavy atom. The summed E-state index contributed by atoms with van der Waals surface area (Å²) in [6, 6.07) is 8.11. The molecular formula is C15H19N. The molecule has 0 spiro atoms. The molecule has 0 aliphatic heterocycles. The van der Waals surface area contributed by atoms with E-state index >= 15 is 0 Å². The topological polar surface area (TPSA) is 26.0 Å². The fraction of sp³-hybridized carbons (Fsp3) is 0.200. The van der Waals surface area contributed by atoms with Gasteiger partial charge in [0, 0.05) is 11.3 Å². The van der Waals surface area contributed by atoms with E-state index in [4.69, 9.17) is 5.73 Å². The van der Waals surface area contributed by atoms with Crippen LogP contribution in [0.25, 0.3) is 11.3 Å². The van der Waals surface area contributed by atoms with E-state index in [1.165, 1.54) is 11.1 Å². The molecule has 0 heterocycles. The Balaban J connectivity index is 3.24. The van der Waals surface area contributed by atoms with Crippen LogP contribution in [0.15, 0.2) is 49.1 Å². The molecule has 0 saturated carbocycles. The number of allylic oxidation sites excluding steroid dienone is 4. The largest absolute Gasteiger partial charge is 0.399 e. The molecule has 1 nitrogen and oxygen atoms in total. The van der Waals surface area contributed by atoms with Gasteiger partial charge in [0.1, 0.15) is 0 Å². The second-order valence-corrected chi connectivity index (χ2v) is 3.64. The van der Waals surface area contributed by atoms with Crippen molar-refractivity contribution < 1.29 is 0 Å². The lowest BCUT2D eigenvalue weighted by atomic mass is 9.96. The second kappa shape index (κ2) is 5.96. The summed E-state index contributed by atoms with van der Waals surface area (Å²) in [5.41, 5.74) is 9.90. The van der Waals surface area contributed by atoms with Crippen LogP contribution in [-0.2, 0) is 0 Å². The van der Waals surface area contributed by atoms with Crippen molar-refractivity contribution in [3.05, 3.63) is 60.2 Å².